The molecule has 0 saturated carbocycles. The molecule has 2 N–H and O–H groups in total. The summed E-state index contributed by atoms with van der Waals surface area (Å²) in [4.78, 5) is 10.0. The molecule has 1 heterocycles. The molecule has 1 aromatic heterocycles. The molecule has 0 radical (unpaired) electrons. The molecule has 2 aromatic rings. The monoisotopic (exact) mass is 268 g/mol. The number of rotatable bonds is 5. The molecule has 19 heavy (non-hydrogen) atoms. The van der Waals surface area contributed by atoms with Crippen molar-refractivity contribution in [3.05, 3.63) is 51.7 Å². The highest BCUT2D eigenvalue weighted by Crippen LogP contribution is 2.19. The second-order valence-electron chi connectivity index (χ2n) is 3.84. The van der Waals surface area contributed by atoms with Crippen LogP contribution in [0.5, 0.6) is 0 Å². The molecule has 0 atom stereocenters. The van der Waals surface area contributed by atoms with Gasteiger partial charge in [-0.05, 0) is 29.0 Å². The van der Waals surface area contributed by atoms with Crippen molar-refractivity contribution in [1.29, 1.82) is 0 Å². The number of hydrogen-bond donors (Lipinski definition) is 2. The van der Waals surface area contributed by atoms with Gasteiger partial charge < -0.3 is 15.4 Å². The van der Waals surface area contributed by atoms with E-state index in [0.29, 0.717) is 18.5 Å². The van der Waals surface area contributed by atoms with Crippen molar-refractivity contribution in [3.63, 3.8) is 0 Å². The van der Waals surface area contributed by atoms with E-state index in [-0.39, 0.29) is 11.5 Å². The molecule has 2 rings (SSSR count). The standard InChI is InChI=1S/C11H10F2N4O2/c12-8-3-7(4-9(13)5-8)1-2-14-10-6-15-16-11(10)17(18)19/h3-6,14H,1-2H2,(H,15,16). The van der Waals surface area contributed by atoms with E-state index in [9.17, 15) is 18.9 Å². The Morgan fingerprint density at radius 3 is 2.63 bits per heavy atom. The van der Waals surface area contributed by atoms with Crippen LogP contribution in [0.15, 0.2) is 24.4 Å². The highest BCUT2D eigenvalue weighted by Gasteiger charge is 2.13. The van der Waals surface area contributed by atoms with E-state index in [1.165, 1.54) is 18.3 Å². The molecule has 6 nitrogen and oxygen atoms in total. The Morgan fingerprint density at radius 2 is 2.00 bits per heavy atom. The number of nitro groups is 1. The van der Waals surface area contributed by atoms with Gasteiger partial charge in [0.15, 0.2) is 5.69 Å². The van der Waals surface area contributed by atoms with Crippen molar-refractivity contribution in [3.8, 4) is 0 Å². The lowest BCUT2D eigenvalue weighted by atomic mass is 10.1. The number of anilines is 1. The van der Waals surface area contributed by atoms with E-state index in [2.05, 4.69) is 15.5 Å². The topological polar surface area (TPSA) is 83.8 Å². The number of hydrogen-bond acceptors (Lipinski definition) is 4. The Balaban J connectivity index is 1.96. The lowest BCUT2D eigenvalue weighted by molar-refractivity contribution is -0.388. The van der Waals surface area contributed by atoms with Crippen LogP contribution in [0.25, 0.3) is 0 Å². The molecule has 0 amide bonds. The van der Waals surface area contributed by atoms with Crippen LogP contribution in [0.1, 0.15) is 5.56 Å². The molecule has 0 fully saturated rings. The van der Waals surface area contributed by atoms with Crippen LogP contribution in [0.4, 0.5) is 20.3 Å². The number of nitrogens with one attached hydrogen (secondary N) is 2. The van der Waals surface area contributed by atoms with Gasteiger partial charge in [0.05, 0.1) is 0 Å². The molecular formula is C11H10F2N4O2. The van der Waals surface area contributed by atoms with Gasteiger partial charge in [0, 0.05) is 12.6 Å². The van der Waals surface area contributed by atoms with Crippen LogP contribution in [-0.4, -0.2) is 21.7 Å². The Kier molecular flexibility index (Phi) is 3.69. The van der Waals surface area contributed by atoms with Crippen LogP contribution in [0, 0.1) is 21.7 Å². The van der Waals surface area contributed by atoms with Crippen LogP contribution >= 0.6 is 0 Å². The molecular weight excluding hydrogens is 258 g/mol. The third-order valence-electron chi connectivity index (χ3n) is 2.45. The Morgan fingerprint density at radius 1 is 1.32 bits per heavy atom. The summed E-state index contributed by atoms with van der Waals surface area (Å²) in [7, 11) is 0. The number of aromatic nitrogens is 2. The van der Waals surface area contributed by atoms with Gasteiger partial charge in [-0.3, -0.25) is 0 Å². The molecule has 100 valence electrons. The summed E-state index contributed by atoms with van der Waals surface area (Å²) in [6.07, 6.45) is 1.61. The zero-order chi connectivity index (χ0) is 13.8. The summed E-state index contributed by atoms with van der Waals surface area (Å²) in [6, 6.07) is 3.22. The van der Waals surface area contributed by atoms with Crippen molar-refractivity contribution in [2.45, 2.75) is 6.42 Å². The minimum Gasteiger partial charge on any atom is -0.376 e. The maximum absolute atomic E-state index is 12.9. The van der Waals surface area contributed by atoms with Gasteiger partial charge >= 0.3 is 5.82 Å². The van der Waals surface area contributed by atoms with Gasteiger partial charge in [0.2, 0.25) is 0 Å². The fourth-order valence-electron chi connectivity index (χ4n) is 1.64. The fraction of sp³-hybridized carbons (Fsp3) is 0.182. The normalized spacial score (nSPS) is 10.4. The number of halogens is 2. The predicted molar refractivity (Wildman–Crippen MR) is 63.8 cm³/mol. The van der Waals surface area contributed by atoms with Crippen LogP contribution in [0.3, 0.4) is 0 Å². The van der Waals surface area contributed by atoms with Gasteiger partial charge in [-0.15, -0.1) is 5.10 Å². The molecule has 1 aromatic carbocycles. The highest BCUT2D eigenvalue weighted by molar-refractivity contribution is 5.55. The van der Waals surface area contributed by atoms with Crippen molar-refractivity contribution in [1.82, 2.24) is 10.2 Å². The Hall–Kier alpha value is -2.51. The molecule has 0 unspecified atom stereocenters. The summed E-state index contributed by atoms with van der Waals surface area (Å²) in [6.45, 7) is 0.295. The predicted octanol–water partition coefficient (Wildman–Crippen LogP) is 2.25. The second kappa shape index (κ2) is 5.42. The molecule has 0 saturated heterocycles. The zero-order valence-electron chi connectivity index (χ0n) is 9.69. The number of nitrogens with zero attached hydrogens (tertiary/aromatic N) is 2. The first-order valence-corrected chi connectivity index (χ1v) is 5.43. The van der Waals surface area contributed by atoms with E-state index < -0.39 is 16.6 Å². The maximum Gasteiger partial charge on any atom is 0.366 e. The minimum absolute atomic E-state index is 0.238. The summed E-state index contributed by atoms with van der Waals surface area (Å²) in [5, 5.41) is 19.2. The van der Waals surface area contributed by atoms with Crippen molar-refractivity contribution in [2.24, 2.45) is 0 Å². The summed E-state index contributed by atoms with van der Waals surface area (Å²) in [5.74, 6) is -1.54. The van der Waals surface area contributed by atoms with Crippen molar-refractivity contribution >= 4 is 11.5 Å². The van der Waals surface area contributed by atoms with Gasteiger partial charge in [-0.2, -0.15) is 0 Å². The first-order chi connectivity index (χ1) is 9.06. The molecule has 0 aliphatic rings. The minimum atomic E-state index is -0.649. The highest BCUT2D eigenvalue weighted by atomic mass is 19.1. The average Bonchev–Trinajstić information content (AvgIpc) is 2.76. The van der Waals surface area contributed by atoms with E-state index >= 15 is 0 Å². The first-order valence-electron chi connectivity index (χ1n) is 5.43. The van der Waals surface area contributed by atoms with E-state index in [1.807, 2.05) is 0 Å². The SMILES string of the molecule is O=[N+]([O-])c1[nH]ncc1NCCc1cc(F)cc(F)c1. The molecule has 0 aliphatic heterocycles. The van der Waals surface area contributed by atoms with Gasteiger partial charge in [0.25, 0.3) is 0 Å². The molecule has 0 aliphatic carbocycles. The molecule has 0 spiro atoms. The van der Waals surface area contributed by atoms with Crippen LogP contribution in [0.2, 0.25) is 0 Å². The smallest absolute Gasteiger partial charge is 0.366 e. The largest absolute Gasteiger partial charge is 0.376 e. The number of aromatic amines is 1. The summed E-state index contributed by atoms with van der Waals surface area (Å²) >= 11 is 0. The Labute approximate surface area is 106 Å². The van der Waals surface area contributed by atoms with Gasteiger partial charge in [-0.1, -0.05) is 5.10 Å². The van der Waals surface area contributed by atoms with Crippen molar-refractivity contribution in [2.75, 3.05) is 11.9 Å². The lowest BCUT2D eigenvalue weighted by Gasteiger charge is -2.04. The van der Waals surface area contributed by atoms with E-state index in [4.69, 9.17) is 0 Å². The molecule has 0 bridgehead atoms. The number of H-pyrrole nitrogens is 1. The maximum atomic E-state index is 12.9. The van der Waals surface area contributed by atoms with Gasteiger partial charge in [-0.25, -0.2) is 8.78 Å². The summed E-state index contributed by atoms with van der Waals surface area (Å²) in [5.41, 5.74) is 0.707. The third kappa shape index (κ3) is 3.24. The quantitative estimate of drug-likeness (QED) is 0.643. The number of benzene rings is 1. The van der Waals surface area contributed by atoms with E-state index in [0.717, 1.165) is 6.07 Å². The fourth-order valence-corrected chi connectivity index (χ4v) is 1.64. The van der Waals surface area contributed by atoms with Crippen LogP contribution < -0.4 is 5.32 Å². The molecule has 8 heteroatoms. The Bertz CT molecular complexity index is 580. The van der Waals surface area contributed by atoms with Crippen LogP contribution in [-0.2, 0) is 6.42 Å². The summed E-state index contributed by atoms with van der Waals surface area (Å²) < 4.78 is 25.9. The third-order valence-corrected chi connectivity index (χ3v) is 2.45. The zero-order valence-corrected chi connectivity index (χ0v) is 9.69. The second-order valence-corrected chi connectivity index (χ2v) is 3.84. The average molecular weight is 268 g/mol. The van der Waals surface area contributed by atoms with E-state index in [1.54, 1.807) is 0 Å². The lowest BCUT2D eigenvalue weighted by Crippen LogP contribution is -2.06. The first kappa shape index (κ1) is 12.9. The van der Waals surface area contributed by atoms with Gasteiger partial charge in [0.1, 0.15) is 17.8 Å². The van der Waals surface area contributed by atoms with Crippen molar-refractivity contribution < 1.29 is 13.7 Å².